The first-order valence-corrected chi connectivity index (χ1v) is 7.62. The molecular weight excluding hydrogens is 298 g/mol. The van der Waals surface area contributed by atoms with Crippen molar-refractivity contribution in [3.05, 3.63) is 0 Å². The summed E-state index contributed by atoms with van der Waals surface area (Å²) in [4.78, 5) is 25.7. The van der Waals surface area contributed by atoms with E-state index in [4.69, 9.17) is 4.74 Å². The van der Waals surface area contributed by atoms with Crippen molar-refractivity contribution in [3.63, 3.8) is 0 Å². The number of likely N-dealkylation sites (tertiary alicyclic amines) is 1. The van der Waals surface area contributed by atoms with Gasteiger partial charge >= 0.3 is 0 Å². The van der Waals surface area contributed by atoms with E-state index in [1.54, 1.807) is 0 Å². The molecule has 0 radical (unpaired) electrons. The van der Waals surface area contributed by atoms with Gasteiger partial charge in [-0.1, -0.05) is 29.8 Å². The number of hydrogen-bond acceptors (Lipinski definition) is 3. The van der Waals surface area contributed by atoms with Gasteiger partial charge < -0.3 is 4.74 Å². The Morgan fingerprint density at radius 2 is 1.72 bits per heavy atom. The van der Waals surface area contributed by atoms with Crippen LogP contribution in [0.4, 0.5) is 0 Å². The number of imide groups is 1. The molecule has 2 saturated heterocycles. The van der Waals surface area contributed by atoms with Crippen molar-refractivity contribution >= 4 is 27.7 Å². The minimum Gasteiger partial charge on any atom is -0.381 e. The first kappa shape index (κ1) is 14.0. The SMILES string of the molecule is CC1C(=O)N(CC2(CBr)CCOCC2)C(=O)C1C. The number of nitrogens with zero attached hydrogens (tertiary/aromatic N) is 1. The number of ether oxygens (including phenoxy) is 1. The summed E-state index contributed by atoms with van der Waals surface area (Å²) in [5.74, 6) is -0.381. The molecule has 2 heterocycles. The zero-order valence-electron chi connectivity index (χ0n) is 10.9. The maximum atomic E-state index is 12.1. The lowest BCUT2D eigenvalue weighted by atomic mass is 9.82. The van der Waals surface area contributed by atoms with Gasteiger partial charge in [0.1, 0.15) is 0 Å². The van der Waals surface area contributed by atoms with Crippen molar-refractivity contribution in [2.75, 3.05) is 25.1 Å². The van der Waals surface area contributed by atoms with Crippen molar-refractivity contribution in [3.8, 4) is 0 Å². The summed E-state index contributed by atoms with van der Waals surface area (Å²) in [7, 11) is 0. The molecule has 102 valence electrons. The fourth-order valence-corrected chi connectivity index (χ4v) is 3.40. The number of carbonyl (C=O) groups excluding carboxylic acids is 2. The van der Waals surface area contributed by atoms with Crippen LogP contribution < -0.4 is 0 Å². The zero-order valence-corrected chi connectivity index (χ0v) is 12.5. The second-order valence-corrected chi connectivity index (χ2v) is 6.15. The van der Waals surface area contributed by atoms with Crippen molar-refractivity contribution < 1.29 is 14.3 Å². The Bertz CT molecular complexity index is 332. The van der Waals surface area contributed by atoms with Crippen LogP contribution in [0.2, 0.25) is 0 Å². The van der Waals surface area contributed by atoms with E-state index in [0.717, 1.165) is 18.2 Å². The van der Waals surface area contributed by atoms with Crippen LogP contribution in [0.3, 0.4) is 0 Å². The number of carbonyl (C=O) groups is 2. The molecule has 0 aromatic carbocycles. The summed E-state index contributed by atoms with van der Waals surface area (Å²) in [6.07, 6.45) is 1.80. The van der Waals surface area contributed by atoms with E-state index >= 15 is 0 Å². The Hall–Kier alpha value is -0.420. The Balaban J connectivity index is 2.12. The molecule has 0 aliphatic carbocycles. The summed E-state index contributed by atoms with van der Waals surface area (Å²) in [6.45, 7) is 5.65. The van der Waals surface area contributed by atoms with Gasteiger partial charge in [0.2, 0.25) is 11.8 Å². The highest BCUT2D eigenvalue weighted by molar-refractivity contribution is 9.09. The maximum Gasteiger partial charge on any atom is 0.232 e. The van der Waals surface area contributed by atoms with Gasteiger partial charge in [0.25, 0.3) is 0 Å². The van der Waals surface area contributed by atoms with Gasteiger partial charge in [-0.05, 0) is 12.8 Å². The highest BCUT2D eigenvalue weighted by atomic mass is 79.9. The number of rotatable bonds is 3. The number of alkyl halides is 1. The second-order valence-electron chi connectivity index (χ2n) is 5.59. The van der Waals surface area contributed by atoms with Crippen LogP contribution in [0.25, 0.3) is 0 Å². The lowest BCUT2D eigenvalue weighted by Crippen LogP contribution is -2.45. The van der Waals surface area contributed by atoms with E-state index < -0.39 is 0 Å². The van der Waals surface area contributed by atoms with E-state index in [1.165, 1.54) is 4.90 Å². The molecular formula is C13H20BrNO3. The molecule has 2 unspecified atom stereocenters. The smallest absolute Gasteiger partial charge is 0.232 e. The maximum absolute atomic E-state index is 12.1. The second kappa shape index (κ2) is 5.29. The highest BCUT2D eigenvalue weighted by Gasteiger charge is 2.46. The summed E-state index contributed by atoms with van der Waals surface area (Å²) < 4.78 is 5.38. The highest BCUT2D eigenvalue weighted by Crippen LogP contribution is 2.36. The van der Waals surface area contributed by atoms with Gasteiger partial charge in [0.05, 0.1) is 0 Å². The molecule has 2 atom stereocenters. The minimum absolute atomic E-state index is 0.00660. The number of hydrogen-bond donors (Lipinski definition) is 0. The fraction of sp³-hybridized carbons (Fsp3) is 0.846. The molecule has 2 fully saturated rings. The first-order chi connectivity index (χ1) is 8.51. The summed E-state index contributed by atoms with van der Waals surface area (Å²) in [6, 6.07) is 0. The van der Waals surface area contributed by atoms with E-state index in [2.05, 4.69) is 15.9 Å². The van der Waals surface area contributed by atoms with Crippen LogP contribution in [0, 0.1) is 17.3 Å². The molecule has 2 amide bonds. The number of halogens is 1. The van der Waals surface area contributed by atoms with Crippen LogP contribution in [0.5, 0.6) is 0 Å². The third-order valence-electron chi connectivity index (χ3n) is 4.39. The average molecular weight is 318 g/mol. The third kappa shape index (κ3) is 2.35. The summed E-state index contributed by atoms with van der Waals surface area (Å²) in [5.41, 5.74) is -0.00660. The largest absolute Gasteiger partial charge is 0.381 e. The molecule has 2 aliphatic heterocycles. The third-order valence-corrected chi connectivity index (χ3v) is 5.58. The van der Waals surface area contributed by atoms with Gasteiger partial charge in [0, 0.05) is 42.3 Å². The molecule has 2 rings (SSSR count). The minimum atomic E-state index is -0.176. The van der Waals surface area contributed by atoms with Gasteiger partial charge in [0.15, 0.2) is 0 Å². The molecule has 2 aliphatic rings. The Morgan fingerprint density at radius 1 is 1.22 bits per heavy atom. The molecule has 0 aromatic rings. The van der Waals surface area contributed by atoms with Gasteiger partial charge in [-0.25, -0.2) is 0 Å². The van der Waals surface area contributed by atoms with E-state index in [9.17, 15) is 9.59 Å². The van der Waals surface area contributed by atoms with Crippen LogP contribution in [-0.2, 0) is 14.3 Å². The first-order valence-electron chi connectivity index (χ1n) is 6.50. The molecule has 0 aromatic heterocycles. The van der Waals surface area contributed by atoms with Crippen LogP contribution in [0.1, 0.15) is 26.7 Å². The Kier molecular flexibility index (Phi) is 4.11. The quantitative estimate of drug-likeness (QED) is 0.589. The molecule has 4 nitrogen and oxygen atoms in total. The Morgan fingerprint density at radius 3 is 2.17 bits per heavy atom. The Labute approximate surface area is 116 Å². The van der Waals surface area contributed by atoms with Crippen molar-refractivity contribution in [2.45, 2.75) is 26.7 Å². The summed E-state index contributed by atoms with van der Waals surface area (Å²) >= 11 is 3.54. The van der Waals surface area contributed by atoms with Crippen LogP contribution >= 0.6 is 15.9 Å². The predicted octanol–water partition coefficient (Wildman–Crippen LogP) is 1.82. The van der Waals surface area contributed by atoms with Crippen LogP contribution in [0.15, 0.2) is 0 Å². The summed E-state index contributed by atoms with van der Waals surface area (Å²) in [5, 5.41) is 0.809. The molecule has 18 heavy (non-hydrogen) atoms. The molecule has 0 spiro atoms. The van der Waals surface area contributed by atoms with E-state index in [-0.39, 0.29) is 29.1 Å². The monoisotopic (exact) mass is 317 g/mol. The zero-order chi connectivity index (χ0) is 13.3. The lowest BCUT2D eigenvalue weighted by Gasteiger charge is -2.38. The van der Waals surface area contributed by atoms with Gasteiger partial charge in [-0.15, -0.1) is 0 Å². The van der Waals surface area contributed by atoms with Crippen molar-refractivity contribution in [1.29, 1.82) is 0 Å². The number of amides is 2. The topological polar surface area (TPSA) is 46.6 Å². The van der Waals surface area contributed by atoms with E-state index in [0.29, 0.717) is 19.8 Å². The van der Waals surface area contributed by atoms with Crippen molar-refractivity contribution in [2.24, 2.45) is 17.3 Å². The molecule has 0 saturated carbocycles. The van der Waals surface area contributed by atoms with Crippen molar-refractivity contribution in [1.82, 2.24) is 4.90 Å². The average Bonchev–Trinajstić information content (AvgIpc) is 2.58. The van der Waals surface area contributed by atoms with Crippen LogP contribution in [-0.4, -0.2) is 41.8 Å². The lowest BCUT2D eigenvalue weighted by molar-refractivity contribution is -0.142. The molecule has 5 heteroatoms. The van der Waals surface area contributed by atoms with Gasteiger partial charge in [-0.2, -0.15) is 0 Å². The normalized spacial score (nSPS) is 32.1. The predicted molar refractivity (Wildman–Crippen MR) is 71.3 cm³/mol. The molecule has 0 N–H and O–H groups in total. The standard InChI is InChI=1S/C13H20BrNO3/c1-9-10(2)12(17)15(11(9)16)8-13(7-14)3-5-18-6-4-13/h9-10H,3-8H2,1-2H3. The fourth-order valence-electron chi connectivity index (χ4n) is 2.66. The van der Waals surface area contributed by atoms with E-state index in [1.807, 2.05) is 13.8 Å². The van der Waals surface area contributed by atoms with Gasteiger partial charge in [-0.3, -0.25) is 14.5 Å². The molecule has 0 bridgehead atoms.